The summed E-state index contributed by atoms with van der Waals surface area (Å²) in [4.78, 5) is 0. The van der Waals surface area contributed by atoms with Crippen LogP contribution >= 0.6 is 0 Å². The van der Waals surface area contributed by atoms with Crippen LogP contribution in [0.1, 0.15) is 23.6 Å². The Morgan fingerprint density at radius 3 is 2.21 bits per heavy atom. The molecule has 14 heavy (non-hydrogen) atoms. The molecule has 1 heteroatoms. The molecule has 0 atom stereocenters. The number of hydrogen-bond donors (Lipinski definition) is 1. The highest BCUT2D eigenvalue weighted by atomic mass is 14.6. The number of nitrogens with two attached hydrogens (primary N) is 1. The fourth-order valence-corrected chi connectivity index (χ4v) is 1.61. The van der Waals surface area contributed by atoms with Gasteiger partial charge in [0.25, 0.3) is 0 Å². The third-order valence-corrected chi connectivity index (χ3v) is 2.17. The SMILES string of the molecule is C=C(C)/C=C(\N)c1c(C)cccc1C. The molecule has 1 aromatic rings. The highest BCUT2D eigenvalue weighted by molar-refractivity contribution is 5.70. The van der Waals surface area contributed by atoms with Crippen molar-refractivity contribution in [3.63, 3.8) is 0 Å². The molecular weight excluding hydrogens is 170 g/mol. The van der Waals surface area contributed by atoms with E-state index in [-0.39, 0.29) is 0 Å². The molecule has 1 nitrogen and oxygen atoms in total. The monoisotopic (exact) mass is 187 g/mol. The highest BCUT2D eigenvalue weighted by Gasteiger charge is 2.03. The Hall–Kier alpha value is -1.50. The zero-order chi connectivity index (χ0) is 10.7. The van der Waals surface area contributed by atoms with Crippen molar-refractivity contribution in [2.24, 2.45) is 5.73 Å². The fraction of sp³-hybridized carbons (Fsp3) is 0.231. The molecule has 0 aliphatic heterocycles. The molecule has 0 amide bonds. The second-order valence-corrected chi connectivity index (χ2v) is 3.71. The first-order chi connectivity index (χ1) is 6.52. The summed E-state index contributed by atoms with van der Waals surface area (Å²) >= 11 is 0. The summed E-state index contributed by atoms with van der Waals surface area (Å²) in [7, 11) is 0. The van der Waals surface area contributed by atoms with Gasteiger partial charge in [-0.1, -0.05) is 30.4 Å². The molecule has 2 N–H and O–H groups in total. The maximum absolute atomic E-state index is 6.00. The molecule has 0 heterocycles. The van der Waals surface area contributed by atoms with Crippen LogP contribution in [0.15, 0.2) is 36.4 Å². The number of rotatable bonds is 2. The summed E-state index contributed by atoms with van der Waals surface area (Å²) in [6.07, 6.45) is 1.91. The topological polar surface area (TPSA) is 26.0 Å². The molecule has 1 rings (SSSR count). The quantitative estimate of drug-likeness (QED) is 0.707. The van der Waals surface area contributed by atoms with Gasteiger partial charge in [-0.15, -0.1) is 0 Å². The summed E-state index contributed by atoms with van der Waals surface area (Å²) in [5, 5.41) is 0. The summed E-state index contributed by atoms with van der Waals surface area (Å²) in [5.74, 6) is 0. The van der Waals surface area contributed by atoms with Crippen LogP contribution in [0.2, 0.25) is 0 Å². The summed E-state index contributed by atoms with van der Waals surface area (Å²) in [6, 6.07) is 6.19. The van der Waals surface area contributed by atoms with Crippen LogP contribution in [0, 0.1) is 13.8 Å². The molecule has 0 radical (unpaired) electrons. The van der Waals surface area contributed by atoms with E-state index in [1.165, 1.54) is 11.1 Å². The van der Waals surface area contributed by atoms with Crippen LogP contribution in [-0.4, -0.2) is 0 Å². The van der Waals surface area contributed by atoms with Crippen molar-refractivity contribution in [1.82, 2.24) is 0 Å². The zero-order valence-corrected chi connectivity index (χ0v) is 9.09. The Morgan fingerprint density at radius 1 is 1.29 bits per heavy atom. The van der Waals surface area contributed by atoms with Gasteiger partial charge in [0.2, 0.25) is 0 Å². The fourth-order valence-electron chi connectivity index (χ4n) is 1.61. The van der Waals surface area contributed by atoms with E-state index in [4.69, 9.17) is 5.73 Å². The van der Waals surface area contributed by atoms with Gasteiger partial charge in [-0.3, -0.25) is 0 Å². The third kappa shape index (κ3) is 2.25. The molecule has 0 bridgehead atoms. The van der Waals surface area contributed by atoms with E-state index in [0.717, 1.165) is 16.8 Å². The van der Waals surface area contributed by atoms with Crippen molar-refractivity contribution in [3.8, 4) is 0 Å². The number of benzene rings is 1. The van der Waals surface area contributed by atoms with E-state index in [9.17, 15) is 0 Å². The molecule has 0 saturated heterocycles. The average molecular weight is 187 g/mol. The summed E-state index contributed by atoms with van der Waals surface area (Å²) in [6.45, 7) is 9.91. The largest absolute Gasteiger partial charge is 0.398 e. The Balaban J connectivity index is 3.25. The minimum atomic E-state index is 0.799. The zero-order valence-electron chi connectivity index (χ0n) is 9.09. The molecule has 0 spiro atoms. The van der Waals surface area contributed by atoms with Gasteiger partial charge in [-0.05, 0) is 38.0 Å². The molecule has 74 valence electrons. The lowest BCUT2D eigenvalue weighted by atomic mass is 9.99. The van der Waals surface area contributed by atoms with Crippen molar-refractivity contribution in [1.29, 1.82) is 0 Å². The Bertz CT molecular complexity index is 366. The van der Waals surface area contributed by atoms with Gasteiger partial charge in [-0.2, -0.15) is 0 Å². The van der Waals surface area contributed by atoms with Gasteiger partial charge in [0.1, 0.15) is 0 Å². The van der Waals surface area contributed by atoms with Crippen LogP contribution in [-0.2, 0) is 0 Å². The number of allylic oxidation sites excluding steroid dienone is 2. The van der Waals surface area contributed by atoms with E-state index >= 15 is 0 Å². The van der Waals surface area contributed by atoms with Crippen molar-refractivity contribution < 1.29 is 0 Å². The van der Waals surface area contributed by atoms with Crippen LogP contribution in [0.4, 0.5) is 0 Å². The normalized spacial score (nSPS) is 11.5. The molecular formula is C13H17N. The summed E-state index contributed by atoms with van der Waals surface area (Å²) in [5.41, 5.74) is 11.3. The van der Waals surface area contributed by atoms with E-state index in [1.807, 2.05) is 19.1 Å². The number of hydrogen-bond acceptors (Lipinski definition) is 1. The second-order valence-electron chi connectivity index (χ2n) is 3.71. The van der Waals surface area contributed by atoms with Gasteiger partial charge in [0.05, 0.1) is 0 Å². The lowest BCUT2D eigenvalue weighted by Gasteiger charge is -2.09. The van der Waals surface area contributed by atoms with Crippen molar-refractivity contribution in [3.05, 3.63) is 53.1 Å². The first kappa shape index (κ1) is 10.6. The van der Waals surface area contributed by atoms with Gasteiger partial charge in [0, 0.05) is 11.3 Å². The standard InChI is InChI=1S/C13H17N/c1-9(2)8-12(14)13-10(3)6-5-7-11(13)4/h5-8H,1,14H2,2-4H3/b12-8-. The predicted molar refractivity (Wildman–Crippen MR) is 62.9 cm³/mol. The lowest BCUT2D eigenvalue weighted by molar-refractivity contribution is 1.31. The van der Waals surface area contributed by atoms with Crippen LogP contribution in [0.3, 0.4) is 0 Å². The lowest BCUT2D eigenvalue weighted by Crippen LogP contribution is -2.01. The van der Waals surface area contributed by atoms with Crippen LogP contribution < -0.4 is 5.73 Å². The number of aryl methyl sites for hydroxylation is 2. The molecule has 0 fully saturated rings. The van der Waals surface area contributed by atoms with E-state index in [1.54, 1.807) is 0 Å². The highest BCUT2D eigenvalue weighted by Crippen LogP contribution is 2.19. The molecule has 0 saturated carbocycles. The van der Waals surface area contributed by atoms with E-state index in [2.05, 4.69) is 32.6 Å². The molecule has 0 aliphatic rings. The minimum Gasteiger partial charge on any atom is -0.398 e. The molecule has 0 unspecified atom stereocenters. The first-order valence-corrected chi connectivity index (χ1v) is 4.71. The predicted octanol–water partition coefficient (Wildman–Crippen LogP) is 3.18. The molecule has 0 aromatic heterocycles. The van der Waals surface area contributed by atoms with Crippen molar-refractivity contribution in [2.75, 3.05) is 0 Å². The third-order valence-electron chi connectivity index (χ3n) is 2.17. The van der Waals surface area contributed by atoms with Gasteiger partial charge < -0.3 is 5.73 Å². The average Bonchev–Trinajstić information content (AvgIpc) is 2.01. The van der Waals surface area contributed by atoms with Crippen LogP contribution in [0.5, 0.6) is 0 Å². The minimum absolute atomic E-state index is 0.799. The second kappa shape index (κ2) is 4.14. The molecule has 0 aliphatic carbocycles. The van der Waals surface area contributed by atoms with E-state index < -0.39 is 0 Å². The molecule has 1 aromatic carbocycles. The Kier molecular flexibility index (Phi) is 3.13. The van der Waals surface area contributed by atoms with Gasteiger partial charge >= 0.3 is 0 Å². The Labute approximate surface area is 85.9 Å². The summed E-state index contributed by atoms with van der Waals surface area (Å²) < 4.78 is 0. The smallest absolute Gasteiger partial charge is 0.0395 e. The maximum atomic E-state index is 6.00. The van der Waals surface area contributed by atoms with Crippen LogP contribution in [0.25, 0.3) is 5.70 Å². The first-order valence-electron chi connectivity index (χ1n) is 4.71. The van der Waals surface area contributed by atoms with E-state index in [0.29, 0.717) is 0 Å². The van der Waals surface area contributed by atoms with Gasteiger partial charge in [-0.25, -0.2) is 0 Å². The maximum Gasteiger partial charge on any atom is 0.0395 e. The van der Waals surface area contributed by atoms with Gasteiger partial charge in [0.15, 0.2) is 0 Å². The van der Waals surface area contributed by atoms with Crippen molar-refractivity contribution in [2.45, 2.75) is 20.8 Å². The van der Waals surface area contributed by atoms with Crippen molar-refractivity contribution >= 4 is 5.70 Å². The Morgan fingerprint density at radius 2 is 1.79 bits per heavy atom.